The first-order chi connectivity index (χ1) is 9.61. The normalized spacial score (nSPS) is 16.7. The molecule has 6 heteroatoms. The second-order valence-electron chi connectivity index (χ2n) is 5.56. The lowest BCUT2D eigenvalue weighted by Crippen LogP contribution is -2.47. The van der Waals surface area contributed by atoms with Crippen molar-refractivity contribution in [3.63, 3.8) is 0 Å². The molecule has 1 heterocycles. The molecule has 1 aliphatic rings. The molecular weight excluding hydrogens is 258 g/mol. The average molecular weight is 281 g/mol. The Morgan fingerprint density at radius 2 is 2.25 bits per heavy atom. The summed E-state index contributed by atoms with van der Waals surface area (Å²) in [7, 11) is 0. The van der Waals surface area contributed by atoms with Crippen LogP contribution in [-0.4, -0.2) is 33.3 Å². The number of carbonyl (C=O) groups excluding carboxylic acids is 1. The van der Waals surface area contributed by atoms with Gasteiger partial charge in [0.05, 0.1) is 5.60 Å². The summed E-state index contributed by atoms with van der Waals surface area (Å²) in [5.41, 5.74) is -0.656. The highest BCUT2D eigenvalue weighted by Gasteiger charge is 2.34. The number of nitrogens with one attached hydrogen (secondary N) is 1. The zero-order chi connectivity index (χ0) is 14.4. The minimum absolute atomic E-state index is 0.0291. The Hall–Kier alpha value is -1.43. The van der Waals surface area contributed by atoms with Gasteiger partial charge in [-0.25, -0.2) is 0 Å². The number of amides is 1. The van der Waals surface area contributed by atoms with Crippen molar-refractivity contribution in [3.8, 4) is 0 Å². The van der Waals surface area contributed by atoms with E-state index in [1.807, 2.05) is 0 Å². The molecule has 2 rings (SSSR count). The largest absolute Gasteiger partial charge is 0.388 e. The van der Waals surface area contributed by atoms with Crippen LogP contribution in [0.1, 0.15) is 57.2 Å². The van der Waals surface area contributed by atoms with Crippen molar-refractivity contribution in [1.82, 2.24) is 15.5 Å². The molecule has 1 aliphatic carbocycles. The maximum atomic E-state index is 11.6. The van der Waals surface area contributed by atoms with E-state index in [2.05, 4.69) is 22.4 Å². The van der Waals surface area contributed by atoms with Crippen molar-refractivity contribution in [2.24, 2.45) is 0 Å². The Balaban J connectivity index is 1.60. The van der Waals surface area contributed by atoms with E-state index in [1.54, 1.807) is 0 Å². The third-order valence-corrected chi connectivity index (χ3v) is 3.68. The Morgan fingerprint density at radius 3 is 2.90 bits per heavy atom. The molecule has 0 unspecified atom stereocenters. The van der Waals surface area contributed by atoms with Crippen molar-refractivity contribution in [2.45, 2.75) is 63.9 Å². The molecule has 0 bridgehead atoms. The van der Waals surface area contributed by atoms with Crippen molar-refractivity contribution in [3.05, 3.63) is 11.7 Å². The van der Waals surface area contributed by atoms with Crippen LogP contribution in [0.5, 0.6) is 0 Å². The van der Waals surface area contributed by atoms with E-state index in [0.717, 1.165) is 37.9 Å². The van der Waals surface area contributed by atoms with Crippen LogP contribution in [0.3, 0.4) is 0 Å². The third kappa shape index (κ3) is 4.30. The number of hydrogen-bond acceptors (Lipinski definition) is 5. The molecule has 0 atom stereocenters. The lowest BCUT2D eigenvalue weighted by atomic mass is 9.80. The molecule has 1 saturated carbocycles. The quantitative estimate of drug-likeness (QED) is 0.751. The van der Waals surface area contributed by atoms with Gasteiger partial charge >= 0.3 is 0 Å². The van der Waals surface area contributed by atoms with E-state index in [1.165, 1.54) is 0 Å². The van der Waals surface area contributed by atoms with Crippen molar-refractivity contribution >= 4 is 5.91 Å². The first-order valence-electron chi connectivity index (χ1n) is 7.42. The fraction of sp³-hybridized carbons (Fsp3) is 0.786. The number of aliphatic hydroxyl groups is 1. The van der Waals surface area contributed by atoms with Gasteiger partial charge in [0.1, 0.15) is 0 Å². The van der Waals surface area contributed by atoms with Gasteiger partial charge in [-0.3, -0.25) is 4.79 Å². The Kier molecular flexibility index (Phi) is 5.11. The van der Waals surface area contributed by atoms with Crippen molar-refractivity contribution < 1.29 is 14.4 Å². The van der Waals surface area contributed by atoms with Crippen LogP contribution in [0.4, 0.5) is 0 Å². The molecule has 1 fully saturated rings. The standard InChI is InChI=1S/C14H23N3O3/c1-2-5-11-16-13(20-17-11)7-3-6-12(18)15-10-14(19)8-4-9-14/h19H,2-10H2,1H3,(H,15,18). The molecule has 0 aliphatic heterocycles. The van der Waals surface area contributed by atoms with E-state index in [9.17, 15) is 9.90 Å². The molecule has 0 saturated heterocycles. The van der Waals surface area contributed by atoms with Gasteiger partial charge in [0.25, 0.3) is 0 Å². The van der Waals surface area contributed by atoms with Crippen LogP contribution in [-0.2, 0) is 17.6 Å². The van der Waals surface area contributed by atoms with Crippen LogP contribution in [0.25, 0.3) is 0 Å². The number of rotatable bonds is 8. The fourth-order valence-electron chi connectivity index (χ4n) is 2.23. The molecule has 6 nitrogen and oxygen atoms in total. The summed E-state index contributed by atoms with van der Waals surface area (Å²) in [5.74, 6) is 1.30. The Morgan fingerprint density at radius 1 is 1.45 bits per heavy atom. The highest BCUT2D eigenvalue weighted by molar-refractivity contribution is 5.75. The van der Waals surface area contributed by atoms with Crippen LogP contribution in [0.15, 0.2) is 4.52 Å². The van der Waals surface area contributed by atoms with Gasteiger partial charge < -0.3 is 14.9 Å². The summed E-state index contributed by atoms with van der Waals surface area (Å²) in [5, 5.41) is 16.5. The van der Waals surface area contributed by atoms with Crippen molar-refractivity contribution in [1.29, 1.82) is 0 Å². The highest BCUT2D eigenvalue weighted by atomic mass is 16.5. The van der Waals surface area contributed by atoms with Crippen LogP contribution in [0.2, 0.25) is 0 Å². The first kappa shape index (κ1) is 15.0. The number of aromatic nitrogens is 2. The maximum absolute atomic E-state index is 11.6. The summed E-state index contributed by atoms with van der Waals surface area (Å²) >= 11 is 0. The molecule has 0 aromatic carbocycles. The second-order valence-corrected chi connectivity index (χ2v) is 5.56. The summed E-state index contributed by atoms with van der Waals surface area (Å²) in [4.78, 5) is 15.9. The van der Waals surface area contributed by atoms with Gasteiger partial charge in [-0.05, 0) is 32.1 Å². The minimum Gasteiger partial charge on any atom is -0.388 e. The van der Waals surface area contributed by atoms with Crippen molar-refractivity contribution in [2.75, 3.05) is 6.54 Å². The minimum atomic E-state index is -0.656. The van der Waals surface area contributed by atoms with Crippen LogP contribution < -0.4 is 5.32 Å². The molecule has 2 N–H and O–H groups in total. The van der Waals surface area contributed by atoms with Gasteiger partial charge in [-0.15, -0.1) is 0 Å². The van der Waals surface area contributed by atoms with Crippen LogP contribution >= 0.6 is 0 Å². The molecular formula is C14H23N3O3. The molecule has 1 aromatic rings. The van der Waals surface area contributed by atoms with E-state index in [-0.39, 0.29) is 5.91 Å². The van der Waals surface area contributed by atoms with Crippen LogP contribution in [0, 0.1) is 0 Å². The lowest BCUT2D eigenvalue weighted by molar-refractivity contribution is -0.123. The highest BCUT2D eigenvalue weighted by Crippen LogP contribution is 2.30. The topological polar surface area (TPSA) is 88.2 Å². The zero-order valence-corrected chi connectivity index (χ0v) is 12.0. The molecule has 0 radical (unpaired) electrons. The number of hydrogen-bond donors (Lipinski definition) is 2. The monoisotopic (exact) mass is 281 g/mol. The van der Waals surface area contributed by atoms with E-state index < -0.39 is 5.60 Å². The SMILES string of the molecule is CCCc1noc(CCCC(=O)NCC2(O)CCC2)n1. The van der Waals surface area contributed by atoms with Gasteiger partial charge in [0, 0.05) is 25.8 Å². The predicted octanol–water partition coefficient (Wildman–Crippen LogP) is 1.38. The van der Waals surface area contributed by atoms with Gasteiger partial charge in [-0.2, -0.15) is 4.98 Å². The molecule has 0 spiro atoms. The first-order valence-corrected chi connectivity index (χ1v) is 7.42. The second kappa shape index (κ2) is 6.83. The predicted molar refractivity (Wildman–Crippen MR) is 73.0 cm³/mol. The number of aryl methyl sites for hydroxylation is 2. The zero-order valence-electron chi connectivity index (χ0n) is 12.0. The smallest absolute Gasteiger partial charge is 0.226 e. The molecule has 20 heavy (non-hydrogen) atoms. The van der Waals surface area contributed by atoms with Gasteiger partial charge in [0.2, 0.25) is 11.8 Å². The molecule has 112 valence electrons. The van der Waals surface area contributed by atoms with E-state index in [4.69, 9.17) is 4.52 Å². The van der Waals surface area contributed by atoms with E-state index >= 15 is 0 Å². The molecule has 1 aromatic heterocycles. The maximum Gasteiger partial charge on any atom is 0.226 e. The number of nitrogens with zero attached hydrogens (tertiary/aromatic N) is 2. The van der Waals surface area contributed by atoms with E-state index in [0.29, 0.717) is 31.7 Å². The third-order valence-electron chi connectivity index (χ3n) is 3.68. The molecule has 1 amide bonds. The summed E-state index contributed by atoms with van der Waals surface area (Å²) in [6, 6.07) is 0. The summed E-state index contributed by atoms with van der Waals surface area (Å²) in [6.45, 7) is 2.43. The Bertz CT molecular complexity index is 441. The number of carbonyl (C=O) groups is 1. The summed E-state index contributed by atoms with van der Waals surface area (Å²) < 4.78 is 5.11. The van der Waals surface area contributed by atoms with Gasteiger partial charge in [-0.1, -0.05) is 12.1 Å². The van der Waals surface area contributed by atoms with Gasteiger partial charge in [0.15, 0.2) is 5.82 Å². The lowest BCUT2D eigenvalue weighted by Gasteiger charge is -2.36. The summed E-state index contributed by atoms with van der Waals surface area (Å²) in [6.07, 6.45) is 6.15. The average Bonchev–Trinajstić information content (AvgIpc) is 2.82. The fourth-order valence-corrected chi connectivity index (χ4v) is 2.23. The Labute approximate surface area is 118 Å².